The van der Waals surface area contributed by atoms with Gasteiger partial charge in [-0.05, 0) is 44.7 Å². The second-order valence-corrected chi connectivity index (χ2v) is 6.51. The zero-order valence-corrected chi connectivity index (χ0v) is 13.5. The van der Waals surface area contributed by atoms with Crippen molar-refractivity contribution in [1.29, 1.82) is 0 Å². The Kier molecular flexibility index (Phi) is 5.79. The summed E-state index contributed by atoms with van der Waals surface area (Å²) in [7, 11) is 0. The third-order valence-corrected chi connectivity index (χ3v) is 4.12. The third kappa shape index (κ3) is 4.84. The normalized spacial score (nSPS) is 19.9. The number of likely N-dealkylation sites (tertiary alicyclic amines) is 1. The zero-order chi connectivity index (χ0) is 15.2. The highest BCUT2D eigenvalue weighted by molar-refractivity contribution is 5.92. The van der Waals surface area contributed by atoms with Crippen molar-refractivity contribution < 1.29 is 4.79 Å². The Labute approximate surface area is 127 Å². The van der Waals surface area contributed by atoms with Gasteiger partial charge in [0, 0.05) is 24.8 Å². The summed E-state index contributed by atoms with van der Waals surface area (Å²) in [5, 5.41) is 10.0. The zero-order valence-electron chi connectivity index (χ0n) is 13.5. The van der Waals surface area contributed by atoms with Gasteiger partial charge < -0.3 is 5.32 Å². The van der Waals surface area contributed by atoms with Crippen LogP contribution < -0.4 is 5.32 Å². The highest BCUT2D eigenvalue weighted by Crippen LogP contribution is 2.15. The highest BCUT2D eigenvalue weighted by Gasteiger charge is 2.18. The van der Waals surface area contributed by atoms with E-state index in [-0.39, 0.29) is 5.91 Å². The van der Waals surface area contributed by atoms with Gasteiger partial charge in [-0.3, -0.25) is 14.8 Å². The molecule has 5 heteroatoms. The molecule has 0 aromatic carbocycles. The topological polar surface area (TPSA) is 61.0 Å². The van der Waals surface area contributed by atoms with Crippen LogP contribution in [0, 0.1) is 5.92 Å². The fraction of sp³-hybridized carbons (Fsp3) is 0.750. The highest BCUT2D eigenvalue weighted by atomic mass is 16.1. The van der Waals surface area contributed by atoms with Crippen molar-refractivity contribution in [2.45, 2.75) is 52.5 Å². The first-order valence-corrected chi connectivity index (χ1v) is 8.12. The van der Waals surface area contributed by atoms with E-state index in [1.54, 1.807) is 0 Å². The van der Waals surface area contributed by atoms with Crippen LogP contribution in [0.4, 0.5) is 0 Å². The third-order valence-electron chi connectivity index (χ3n) is 4.12. The molecule has 1 aliphatic rings. The van der Waals surface area contributed by atoms with Crippen LogP contribution in [0.15, 0.2) is 6.07 Å². The van der Waals surface area contributed by atoms with Crippen molar-refractivity contribution in [3.63, 3.8) is 0 Å². The van der Waals surface area contributed by atoms with E-state index >= 15 is 0 Å². The molecule has 2 N–H and O–H groups in total. The molecule has 0 bridgehead atoms. The van der Waals surface area contributed by atoms with Gasteiger partial charge in [-0.25, -0.2) is 0 Å². The average molecular weight is 292 g/mol. The average Bonchev–Trinajstić information content (AvgIpc) is 2.88. The number of nitrogens with one attached hydrogen (secondary N) is 2. The fourth-order valence-corrected chi connectivity index (χ4v) is 2.92. The molecule has 1 aromatic rings. The molecule has 118 valence electrons. The SMILES string of the molecule is CC(C)Cc1cc(C(=O)NCCN2CCCCC2C)n[nH]1. The lowest BCUT2D eigenvalue weighted by Gasteiger charge is -2.33. The minimum absolute atomic E-state index is 0.0779. The van der Waals surface area contributed by atoms with Crippen molar-refractivity contribution in [1.82, 2.24) is 20.4 Å². The molecule has 2 heterocycles. The van der Waals surface area contributed by atoms with Crippen LogP contribution in [0.25, 0.3) is 0 Å². The van der Waals surface area contributed by atoms with Gasteiger partial charge in [0.25, 0.3) is 5.91 Å². The summed E-state index contributed by atoms with van der Waals surface area (Å²) in [6.07, 6.45) is 4.80. The number of piperidine rings is 1. The van der Waals surface area contributed by atoms with E-state index in [9.17, 15) is 4.79 Å². The smallest absolute Gasteiger partial charge is 0.271 e. The van der Waals surface area contributed by atoms with Gasteiger partial charge in [-0.15, -0.1) is 0 Å². The number of carbonyl (C=O) groups excluding carboxylic acids is 1. The van der Waals surface area contributed by atoms with Gasteiger partial charge in [-0.2, -0.15) is 5.10 Å². The van der Waals surface area contributed by atoms with E-state index in [2.05, 4.69) is 41.2 Å². The largest absolute Gasteiger partial charge is 0.349 e. The predicted molar refractivity (Wildman–Crippen MR) is 84.3 cm³/mol. The Hall–Kier alpha value is -1.36. The lowest BCUT2D eigenvalue weighted by molar-refractivity contribution is 0.0933. The van der Waals surface area contributed by atoms with Crippen LogP contribution in [0.3, 0.4) is 0 Å². The summed E-state index contributed by atoms with van der Waals surface area (Å²) in [5.74, 6) is 0.480. The van der Waals surface area contributed by atoms with Crippen molar-refractivity contribution in [3.05, 3.63) is 17.5 Å². The minimum Gasteiger partial charge on any atom is -0.349 e. The molecule has 1 amide bonds. The molecule has 1 saturated heterocycles. The van der Waals surface area contributed by atoms with Crippen molar-refractivity contribution in [3.8, 4) is 0 Å². The van der Waals surface area contributed by atoms with E-state index < -0.39 is 0 Å². The van der Waals surface area contributed by atoms with E-state index in [1.165, 1.54) is 19.3 Å². The number of aromatic amines is 1. The van der Waals surface area contributed by atoms with Gasteiger partial charge in [0.2, 0.25) is 0 Å². The number of aromatic nitrogens is 2. The molecule has 0 spiro atoms. The molecular formula is C16H28N4O. The molecule has 0 saturated carbocycles. The molecule has 1 aromatic heterocycles. The number of hydrogen-bond acceptors (Lipinski definition) is 3. The number of carbonyl (C=O) groups is 1. The van der Waals surface area contributed by atoms with Gasteiger partial charge >= 0.3 is 0 Å². The molecule has 2 rings (SSSR count). The molecule has 0 radical (unpaired) electrons. The van der Waals surface area contributed by atoms with E-state index in [1.807, 2.05) is 6.07 Å². The number of hydrogen-bond donors (Lipinski definition) is 2. The maximum Gasteiger partial charge on any atom is 0.271 e. The van der Waals surface area contributed by atoms with Crippen LogP contribution in [0.2, 0.25) is 0 Å². The molecule has 5 nitrogen and oxygen atoms in total. The first-order chi connectivity index (χ1) is 10.1. The molecule has 1 fully saturated rings. The maximum absolute atomic E-state index is 12.1. The Morgan fingerprint density at radius 2 is 2.33 bits per heavy atom. The monoisotopic (exact) mass is 292 g/mol. The van der Waals surface area contributed by atoms with Crippen LogP contribution in [0.1, 0.15) is 56.2 Å². The summed E-state index contributed by atoms with van der Waals surface area (Å²) in [6, 6.07) is 2.50. The summed E-state index contributed by atoms with van der Waals surface area (Å²) in [6.45, 7) is 9.34. The Balaban J connectivity index is 1.75. The fourth-order valence-electron chi connectivity index (χ4n) is 2.92. The number of H-pyrrole nitrogens is 1. The lowest BCUT2D eigenvalue weighted by atomic mass is 10.0. The summed E-state index contributed by atoms with van der Waals surface area (Å²) >= 11 is 0. The maximum atomic E-state index is 12.1. The molecular weight excluding hydrogens is 264 g/mol. The second kappa shape index (κ2) is 7.59. The summed E-state index contributed by atoms with van der Waals surface area (Å²) in [4.78, 5) is 14.5. The van der Waals surface area contributed by atoms with E-state index in [0.29, 0.717) is 24.2 Å². The van der Waals surface area contributed by atoms with Gasteiger partial charge in [-0.1, -0.05) is 20.3 Å². The van der Waals surface area contributed by atoms with E-state index in [0.717, 1.165) is 25.2 Å². The quantitative estimate of drug-likeness (QED) is 0.845. The van der Waals surface area contributed by atoms with Gasteiger partial charge in [0.15, 0.2) is 0 Å². The number of rotatable bonds is 6. The first kappa shape index (κ1) is 16.0. The molecule has 21 heavy (non-hydrogen) atoms. The molecule has 1 atom stereocenters. The van der Waals surface area contributed by atoms with Crippen molar-refractivity contribution in [2.24, 2.45) is 5.92 Å². The van der Waals surface area contributed by atoms with Crippen LogP contribution >= 0.6 is 0 Å². The second-order valence-electron chi connectivity index (χ2n) is 6.51. The Morgan fingerprint density at radius 3 is 3.05 bits per heavy atom. The summed E-state index contributed by atoms with van der Waals surface area (Å²) in [5.41, 5.74) is 1.53. The lowest BCUT2D eigenvalue weighted by Crippen LogP contribution is -2.42. The number of nitrogens with zero attached hydrogens (tertiary/aromatic N) is 2. The summed E-state index contributed by atoms with van der Waals surface area (Å²) < 4.78 is 0. The Morgan fingerprint density at radius 1 is 1.52 bits per heavy atom. The van der Waals surface area contributed by atoms with Crippen molar-refractivity contribution >= 4 is 5.91 Å². The first-order valence-electron chi connectivity index (χ1n) is 8.12. The molecule has 1 unspecified atom stereocenters. The van der Waals surface area contributed by atoms with E-state index in [4.69, 9.17) is 0 Å². The van der Waals surface area contributed by atoms with Crippen LogP contribution in [-0.2, 0) is 6.42 Å². The number of amides is 1. The van der Waals surface area contributed by atoms with Crippen LogP contribution in [-0.4, -0.2) is 46.7 Å². The molecule has 1 aliphatic heterocycles. The van der Waals surface area contributed by atoms with Crippen molar-refractivity contribution in [2.75, 3.05) is 19.6 Å². The minimum atomic E-state index is -0.0779. The van der Waals surface area contributed by atoms with Gasteiger partial charge in [0.1, 0.15) is 5.69 Å². The standard InChI is InChI=1S/C16H28N4O/c1-12(2)10-14-11-15(19-18-14)16(21)17-7-9-20-8-5-4-6-13(20)3/h11-13H,4-10H2,1-3H3,(H,17,21)(H,18,19). The predicted octanol–water partition coefficient (Wildman–Crippen LogP) is 2.21. The van der Waals surface area contributed by atoms with Gasteiger partial charge in [0.05, 0.1) is 0 Å². The molecule has 0 aliphatic carbocycles. The van der Waals surface area contributed by atoms with Crippen LogP contribution in [0.5, 0.6) is 0 Å². The Bertz CT molecular complexity index is 455.